The van der Waals surface area contributed by atoms with Gasteiger partial charge < -0.3 is 24.4 Å². The molecule has 1 aromatic rings. The number of Topliss-reactive ketones (excluding diaryl/α,β-unsaturated/α-hetero) is 1. The first-order valence-corrected chi connectivity index (χ1v) is 10.4. The first kappa shape index (κ1) is 21.1. The number of hydrogen-bond donors (Lipinski definition) is 1. The zero-order chi connectivity index (χ0) is 22.0. The van der Waals surface area contributed by atoms with E-state index >= 15 is 0 Å². The van der Waals surface area contributed by atoms with Crippen molar-refractivity contribution in [1.82, 2.24) is 9.80 Å². The summed E-state index contributed by atoms with van der Waals surface area (Å²) in [4.78, 5) is 51.9. The summed E-state index contributed by atoms with van der Waals surface area (Å²) in [6, 6.07) is 3.20. The summed E-state index contributed by atoms with van der Waals surface area (Å²) >= 11 is 0. The molecule has 2 saturated heterocycles. The number of cyclic esters (lactones) is 1. The molecule has 166 valence electrons. The Labute approximate surface area is 179 Å². The van der Waals surface area contributed by atoms with Crippen LogP contribution in [-0.4, -0.2) is 85.4 Å². The van der Waals surface area contributed by atoms with Crippen LogP contribution in [0.2, 0.25) is 0 Å². The highest BCUT2D eigenvalue weighted by Crippen LogP contribution is 2.35. The van der Waals surface area contributed by atoms with Crippen molar-refractivity contribution in [2.24, 2.45) is 0 Å². The summed E-state index contributed by atoms with van der Waals surface area (Å²) in [6.45, 7) is 4.36. The second-order valence-corrected chi connectivity index (χ2v) is 7.76. The highest BCUT2D eigenvalue weighted by molar-refractivity contribution is 6.05. The molecule has 3 aliphatic heterocycles. The van der Waals surface area contributed by atoms with Gasteiger partial charge in [0.2, 0.25) is 5.91 Å². The number of hydrogen-bond acceptors (Lipinski definition) is 8. The third kappa shape index (κ3) is 4.79. The van der Waals surface area contributed by atoms with Gasteiger partial charge in [0, 0.05) is 50.7 Å². The van der Waals surface area contributed by atoms with Crippen LogP contribution in [0.5, 0.6) is 11.5 Å². The standard InChI is InChI=1S/C21H25N3O7/c1-13(25)14-10-17-18(30-9-8-29-17)11-15(14)22-19(26)12-23-4-6-24(7-5-23)21(28)16-2-3-20(27)31-16/h10-11,16H,2-9,12H2,1H3,(H,22,26)/t16-/m1/s1. The van der Waals surface area contributed by atoms with Crippen LogP contribution in [-0.2, 0) is 19.1 Å². The normalized spacial score (nSPS) is 20.9. The summed E-state index contributed by atoms with van der Waals surface area (Å²) in [6.07, 6.45) is 0.0232. The fourth-order valence-electron chi connectivity index (χ4n) is 3.91. The molecule has 2 amide bonds. The fourth-order valence-corrected chi connectivity index (χ4v) is 3.91. The highest BCUT2D eigenvalue weighted by Gasteiger charge is 2.34. The Hall–Kier alpha value is -3.14. The zero-order valence-corrected chi connectivity index (χ0v) is 17.3. The molecular formula is C21H25N3O7. The minimum absolute atomic E-state index is 0.131. The molecule has 10 heteroatoms. The number of nitrogens with zero attached hydrogens (tertiary/aromatic N) is 2. The van der Waals surface area contributed by atoms with E-state index in [2.05, 4.69) is 5.32 Å². The third-order valence-electron chi connectivity index (χ3n) is 5.55. The number of nitrogens with one attached hydrogen (secondary N) is 1. The maximum absolute atomic E-state index is 12.6. The lowest BCUT2D eigenvalue weighted by Gasteiger charge is -2.35. The predicted octanol–water partition coefficient (Wildman–Crippen LogP) is 0.449. The Morgan fingerprint density at radius 2 is 1.74 bits per heavy atom. The summed E-state index contributed by atoms with van der Waals surface area (Å²) in [7, 11) is 0. The van der Waals surface area contributed by atoms with Gasteiger partial charge in [-0.15, -0.1) is 0 Å². The average molecular weight is 431 g/mol. The number of ether oxygens (including phenoxy) is 3. The topological polar surface area (TPSA) is 114 Å². The molecule has 3 heterocycles. The van der Waals surface area contributed by atoms with Gasteiger partial charge in [-0.05, 0) is 13.0 Å². The highest BCUT2D eigenvalue weighted by atomic mass is 16.6. The number of amides is 2. The van der Waals surface area contributed by atoms with E-state index < -0.39 is 6.10 Å². The predicted molar refractivity (Wildman–Crippen MR) is 108 cm³/mol. The van der Waals surface area contributed by atoms with E-state index in [-0.39, 0.29) is 36.5 Å². The summed E-state index contributed by atoms with van der Waals surface area (Å²) < 4.78 is 16.1. The number of piperazine rings is 1. The van der Waals surface area contributed by atoms with Gasteiger partial charge in [0.1, 0.15) is 13.2 Å². The molecule has 0 unspecified atom stereocenters. The largest absolute Gasteiger partial charge is 0.486 e. The van der Waals surface area contributed by atoms with Crippen LogP contribution in [0, 0.1) is 0 Å². The van der Waals surface area contributed by atoms with Crippen LogP contribution in [0.15, 0.2) is 12.1 Å². The molecule has 0 radical (unpaired) electrons. The number of benzene rings is 1. The lowest BCUT2D eigenvalue weighted by molar-refractivity contribution is -0.153. The Kier molecular flexibility index (Phi) is 6.08. The molecule has 1 atom stereocenters. The number of ketones is 1. The van der Waals surface area contributed by atoms with Crippen LogP contribution in [0.25, 0.3) is 0 Å². The molecule has 1 N–H and O–H groups in total. The molecule has 2 fully saturated rings. The van der Waals surface area contributed by atoms with Crippen LogP contribution < -0.4 is 14.8 Å². The quantitative estimate of drug-likeness (QED) is 0.528. The molecule has 0 aromatic heterocycles. The van der Waals surface area contributed by atoms with E-state index in [0.717, 1.165) is 0 Å². The van der Waals surface area contributed by atoms with Crippen LogP contribution in [0.3, 0.4) is 0 Å². The molecule has 1 aromatic carbocycles. The van der Waals surface area contributed by atoms with Crippen LogP contribution >= 0.6 is 0 Å². The molecule has 0 saturated carbocycles. The maximum atomic E-state index is 12.6. The van der Waals surface area contributed by atoms with Crippen molar-refractivity contribution in [2.75, 3.05) is 51.3 Å². The zero-order valence-electron chi connectivity index (χ0n) is 17.3. The van der Waals surface area contributed by atoms with Crippen molar-refractivity contribution in [3.8, 4) is 11.5 Å². The average Bonchev–Trinajstić information content (AvgIpc) is 3.19. The Morgan fingerprint density at radius 1 is 1.06 bits per heavy atom. The number of anilines is 1. The molecule has 0 spiro atoms. The van der Waals surface area contributed by atoms with E-state index in [9.17, 15) is 19.2 Å². The van der Waals surface area contributed by atoms with Crippen molar-refractivity contribution in [3.05, 3.63) is 17.7 Å². The van der Waals surface area contributed by atoms with Gasteiger partial charge >= 0.3 is 5.97 Å². The molecule has 31 heavy (non-hydrogen) atoms. The SMILES string of the molecule is CC(=O)c1cc2c(cc1NC(=O)CN1CCN(C(=O)[C@H]3CCC(=O)O3)CC1)OCCO2. The molecule has 4 rings (SSSR count). The van der Waals surface area contributed by atoms with E-state index in [0.29, 0.717) is 68.6 Å². The van der Waals surface area contributed by atoms with Gasteiger partial charge in [-0.1, -0.05) is 0 Å². The third-order valence-corrected chi connectivity index (χ3v) is 5.55. The second-order valence-electron chi connectivity index (χ2n) is 7.76. The van der Waals surface area contributed by atoms with Crippen molar-refractivity contribution in [2.45, 2.75) is 25.9 Å². The lowest BCUT2D eigenvalue weighted by Crippen LogP contribution is -2.52. The van der Waals surface area contributed by atoms with Crippen molar-refractivity contribution < 1.29 is 33.4 Å². The molecule has 3 aliphatic rings. The summed E-state index contributed by atoms with van der Waals surface area (Å²) in [5.74, 6) is 0.0280. The minimum Gasteiger partial charge on any atom is -0.486 e. The second kappa shape index (κ2) is 8.93. The summed E-state index contributed by atoms with van der Waals surface area (Å²) in [5.41, 5.74) is 0.748. The van der Waals surface area contributed by atoms with Gasteiger partial charge in [0.25, 0.3) is 5.91 Å². The minimum atomic E-state index is -0.678. The first-order chi connectivity index (χ1) is 14.9. The Bertz CT molecular complexity index is 908. The van der Waals surface area contributed by atoms with E-state index in [1.807, 2.05) is 4.90 Å². The monoisotopic (exact) mass is 431 g/mol. The van der Waals surface area contributed by atoms with Crippen LogP contribution in [0.4, 0.5) is 5.69 Å². The van der Waals surface area contributed by atoms with Gasteiger partial charge in [-0.25, -0.2) is 0 Å². The Balaban J connectivity index is 1.32. The van der Waals surface area contributed by atoms with E-state index in [1.165, 1.54) is 6.92 Å². The number of rotatable bonds is 5. The molecular weight excluding hydrogens is 406 g/mol. The van der Waals surface area contributed by atoms with Gasteiger partial charge in [-0.3, -0.25) is 24.1 Å². The van der Waals surface area contributed by atoms with Crippen molar-refractivity contribution >= 4 is 29.3 Å². The molecule has 10 nitrogen and oxygen atoms in total. The summed E-state index contributed by atoms with van der Waals surface area (Å²) in [5, 5.41) is 2.80. The van der Waals surface area contributed by atoms with Gasteiger partial charge in [0.05, 0.1) is 12.2 Å². The maximum Gasteiger partial charge on any atom is 0.306 e. The number of esters is 1. The Morgan fingerprint density at radius 3 is 2.35 bits per heavy atom. The molecule has 0 aliphatic carbocycles. The fraction of sp³-hybridized carbons (Fsp3) is 0.524. The number of carbonyl (C=O) groups excluding carboxylic acids is 4. The number of fused-ring (bicyclic) bond motifs is 1. The van der Waals surface area contributed by atoms with E-state index in [1.54, 1.807) is 17.0 Å². The molecule has 0 bridgehead atoms. The van der Waals surface area contributed by atoms with Gasteiger partial charge in [0.15, 0.2) is 23.4 Å². The van der Waals surface area contributed by atoms with Crippen LogP contribution in [0.1, 0.15) is 30.1 Å². The van der Waals surface area contributed by atoms with Gasteiger partial charge in [-0.2, -0.15) is 0 Å². The van der Waals surface area contributed by atoms with E-state index in [4.69, 9.17) is 14.2 Å². The lowest BCUT2D eigenvalue weighted by atomic mass is 10.1. The van der Waals surface area contributed by atoms with Crippen molar-refractivity contribution in [1.29, 1.82) is 0 Å². The number of carbonyl (C=O) groups is 4. The van der Waals surface area contributed by atoms with Crippen molar-refractivity contribution in [3.63, 3.8) is 0 Å². The smallest absolute Gasteiger partial charge is 0.306 e. The first-order valence-electron chi connectivity index (χ1n) is 10.4.